The van der Waals surface area contributed by atoms with Gasteiger partial charge in [0.15, 0.2) is 0 Å². The van der Waals surface area contributed by atoms with Crippen LogP contribution in [0.4, 0.5) is 0 Å². The quantitative estimate of drug-likeness (QED) is 0.782. The summed E-state index contributed by atoms with van der Waals surface area (Å²) in [5, 5.41) is 0. The molecule has 13 heavy (non-hydrogen) atoms. The Hall–Kier alpha value is -0.991. The van der Waals surface area contributed by atoms with Crippen molar-refractivity contribution in [2.75, 3.05) is 6.61 Å². The van der Waals surface area contributed by atoms with Gasteiger partial charge in [0.25, 0.3) is 0 Å². The van der Waals surface area contributed by atoms with Gasteiger partial charge >= 0.3 is 0 Å². The Morgan fingerprint density at radius 3 is 3.08 bits per heavy atom. The van der Waals surface area contributed by atoms with Gasteiger partial charge in [-0.3, -0.25) is 0 Å². The molecule has 1 aromatic heterocycles. The van der Waals surface area contributed by atoms with Crippen LogP contribution in [0, 0.1) is 0 Å². The van der Waals surface area contributed by atoms with E-state index in [1.165, 1.54) is 0 Å². The maximum Gasteiger partial charge on any atom is 0.147 e. The fourth-order valence-corrected chi connectivity index (χ4v) is 1.21. The minimum atomic E-state index is 0. The van der Waals surface area contributed by atoms with E-state index in [4.69, 9.17) is 4.74 Å². The number of hydrogen-bond acceptors (Lipinski definition) is 2. The molecule has 0 aliphatic heterocycles. The number of H-pyrrole nitrogens is 1. The number of aromatic amines is 1. The zero-order valence-electron chi connectivity index (χ0n) is 7.23. The van der Waals surface area contributed by atoms with Gasteiger partial charge in [0, 0.05) is 17.1 Å². The van der Waals surface area contributed by atoms with Crippen LogP contribution in [0.3, 0.4) is 0 Å². The molecule has 1 N–H and O–H groups in total. The number of ether oxygens (including phenoxy) is 1. The number of nitrogens with one attached hydrogen (secondary N) is 1. The second-order valence-electron chi connectivity index (χ2n) is 2.49. The summed E-state index contributed by atoms with van der Waals surface area (Å²) in [6, 6.07) is 5.85. The number of rotatable bonds is 2. The van der Waals surface area contributed by atoms with E-state index in [9.17, 15) is 0 Å². The van der Waals surface area contributed by atoms with Crippen LogP contribution in [0.5, 0.6) is 5.75 Å². The van der Waals surface area contributed by atoms with Crippen molar-refractivity contribution in [1.29, 1.82) is 0 Å². The molecule has 0 radical (unpaired) electrons. The predicted molar refractivity (Wildman–Crippen MR) is 47.3 cm³/mol. The maximum atomic E-state index is 5.39. The Kier molecular flexibility index (Phi) is 3.34. The number of hydrogen-bond donors (Lipinski definition) is 1. The average Bonchev–Trinajstić information content (AvgIpc) is 2.53. The first-order valence-electron chi connectivity index (χ1n) is 3.96. The average molecular weight is 218 g/mol. The van der Waals surface area contributed by atoms with Gasteiger partial charge in [0.05, 0.1) is 18.5 Å². The minimum absolute atomic E-state index is 0. The van der Waals surface area contributed by atoms with E-state index in [1.807, 2.05) is 25.1 Å². The van der Waals surface area contributed by atoms with E-state index in [0.717, 1.165) is 16.8 Å². The number of para-hydroxylation sites is 1. The summed E-state index contributed by atoms with van der Waals surface area (Å²) in [6.45, 7) is 2.64. The van der Waals surface area contributed by atoms with E-state index >= 15 is 0 Å². The Morgan fingerprint density at radius 2 is 2.31 bits per heavy atom. The van der Waals surface area contributed by atoms with Crippen molar-refractivity contribution in [1.82, 2.24) is 9.97 Å². The van der Waals surface area contributed by atoms with E-state index in [1.54, 1.807) is 6.33 Å². The summed E-state index contributed by atoms with van der Waals surface area (Å²) >= 11 is 0. The summed E-state index contributed by atoms with van der Waals surface area (Å²) < 4.78 is 5.39. The van der Waals surface area contributed by atoms with Crippen molar-refractivity contribution < 1.29 is 21.8 Å². The molecule has 1 heterocycles. The number of fused-ring (bicyclic) bond motifs is 1. The predicted octanol–water partition coefficient (Wildman–Crippen LogP) is 1.96. The first-order valence-corrected chi connectivity index (χ1v) is 3.96. The van der Waals surface area contributed by atoms with Crippen LogP contribution in [0.15, 0.2) is 24.5 Å². The van der Waals surface area contributed by atoms with Gasteiger partial charge in [-0.1, -0.05) is 6.07 Å². The molecule has 1 aromatic carbocycles. The molecule has 0 saturated heterocycles. The summed E-state index contributed by atoms with van der Waals surface area (Å²) in [7, 11) is 0. The molecular weight excluding hydrogens is 208 g/mol. The second-order valence-corrected chi connectivity index (χ2v) is 2.49. The van der Waals surface area contributed by atoms with E-state index < -0.39 is 0 Å². The molecular formula is C9H10FeN2O. The zero-order chi connectivity index (χ0) is 8.39. The van der Waals surface area contributed by atoms with E-state index in [-0.39, 0.29) is 17.1 Å². The van der Waals surface area contributed by atoms with Crippen LogP contribution in [-0.2, 0) is 17.1 Å². The largest absolute Gasteiger partial charge is 0.492 e. The summed E-state index contributed by atoms with van der Waals surface area (Å²) in [5.41, 5.74) is 1.92. The van der Waals surface area contributed by atoms with Gasteiger partial charge in [-0.25, -0.2) is 4.98 Å². The fourth-order valence-electron chi connectivity index (χ4n) is 1.21. The molecule has 2 aromatic rings. The number of aromatic nitrogens is 2. The fraction of sp³-hybridized carbons (Fsp3) is 0.222. The second kappa shape index (κ2) is 4.30. The third kappa shape index (κ3) is 1.84. The van der Waals surface area contributed by atoms with E-state index in [0.29, 0.717) is 6.61 Å². The maximum absolute atomic E-state index is 5.39. The van der Waals surface area contributed by atoms with Gasteiger partial charge in [0.2, 0.25) is 0 Å². The molecule has 70 valence electrons. The number of nitrogens with zero attached hydrogens (tertiary/aromatic N) is 1. The van der Waals surface area contributed by atoms with Crippen LogP contribution in [-0.4, -0.2) is 16.6 Å². The van der Waals surface area contributed by atoms with Crippen molar-refractivity contribution in [3.05, 3.63) is 24.5 Å². The molecule has 2 rings (SSSR count). The topological polar surface area (TPSA) is 37.9 Å². The smallest absolute Gasteiger partial charge is 0.147 e. The Balaban J connectivity index is 0.000000845. The van der Waals surface area contributed by atoms with Gasteiger partial charge in [-0.05, 0) is 19.1 Å². The number of imidazole rings is 1. The van der Waals surface area contributed by atoms with Gasteiger partial charge in [-0.2, -0.15) is 0 Å². The van der Waals surface area contributed by atoms with Crippen LogP contribution in [0.25, 0.3) is 11.0 Å². The Morgan fingerprint density at radius 1 is 1.46 bits per heavy atom. The summed E-state index contributed by atoms with van der Waals surface area (Å²) in [4.78, 5) is 7.18. The van der Waals surface area contributed by atoms with Crippen molar-refractivity contribution in [2.45, 2.75) is 6.92 Å². The van der Waals surface area contributed by atoms with Crippen molar-refractivity contribution >= 4 is 11.0 Å². The normalized spacial score (nSPS) is 9.62. The molecule has 0 bridgehead atoms. The molecule has 0 saturated carbocycles. The SMILES string of the molecule is CCOc1cccc2[nH]cnc12.[Fe]. The Bertz CT molecular complexity index is 386. The molecule has 0 amide bonds. The molecule has 0 aliphatic carbocycles. The molecule has 0 aliphatic rings. The van der Waals surface area contributed by atoms with Gasteiger partial charge in [-0.15, -0.1) is 0 Å². The van der Waals surface area contributed by atoms with E-state index in [2.05, 4.69) is 9.97 Å². The van der Waals surface area contributed by atoms with Crippen molar-refractivity contribution in [2.24, 2.45) is 0 Å². The summed E-state index contributed by atoms with van der Waals surface area (Å²) in [6.07, 6.45) is 1.67. The minimum Gasteiger partial charge on any atom is -0.492 e. The monoisotopic (exact) mass is 218 g/mol. The first-order chi connectivity index (χ1) is 5.92. The standard InChI is InChI=1S/C9H10N2O.Fe/c1-2-12-8-5-3-4-7-9(8)11-6-10-7;/h3-6H,2H2,1H3,(H,10,11);. The number of benzene rings is 1. The molecule has 0 spiro atoms. The van der Waals surface area contributed by atoms with Crippen LogP contribution in [0.1, 0.15) is 6.92 Å². The molecule has 0 atom stereocenters. The summed E-state index contributed by atoms with van der Waals surface area (Å²) in [5.74, 6) is 0.844. The van der Waals surface area contributed by atoms with Crippen LogP contribution < -0.4 is 4.74 Å². The zero-order valence-corrected chi connectivity index (χ0v) is 8.33. The molecule has 3 nitrogen and oxygen atoms in total. The Labute approximate surface area is 87.0 Å². The van der Waals surface area contributed by atoms with Crippen LogP contribution >= 0.6 is 0 Å². The molecule has 0 unspecified atom stereocenters. The third-order valence-corrected chi connectivity index (χ3v) is 1.71. The molecule has 0 fully saturated rings. The van der Waals surface area contributed by atoms with Gasteiger partial charge in [0.1, 0.15) is 11.3 Å². The van der Waals surface area contributed by atoms with Crippen molar-refractivity contribution in [3.8, 4) is 5.75 Å². The first kappa shape index (κ1) is 10.1. The van der Waals surface area contributed by atoms with Crippen molar-refractivity contribution in [3.63, 3.8) is 0 Å². The van der Waals surface area contributed by atoms with Gasteiger partial charge < -0.3 is 9.72 Å². The van der Waals surface area contributed by atoms with Crippen LogP contribution in [0.2, 0.25) is 0 Å². The third-order valence-electron chi connectivity index (χ3n) is 1.71. The molecule has 4 heteroatoms.